The van der Waals surface area contributed by atoms with E-state index >= 15 is 0 Å². The van der Waals surface area contributed by atoms with E-state index in [4.69, 9.17) is 22.4 Å². The van der Waals surface area contributed by atoms with Gasteiger partial charge in [-0.25, -0.2) is 13.1 Å². The summed E-state index contributed by atoms with van der Waals surface area (Å²) in [6.45, 7) is 1.80. The molecule has 0 aliphatic carbocycles. The molecule has 0 spiro atoms. The third-order valence-corrected chi connectivity index (χ3v) is 4.09. The number of hydrogen-bond donors (Lipinski definition) is 3. The molecule has 0 bridgehead atoms. The predicted octanol–water partition coefficient (Wildman–Crippen LogP) is 0.829. The molecule has 5 nitrogen and oxygen atoms in total. The zero-order valence-corrected chi connectivity index (χ0v) is 10.9. The van der Waals surface area contributed by atoms with Crippen LogP contribution in [0.5, 0.6) is 0 Å². The number of halogens is 1. The van der Waals surface area contributed by atoms with Crippen LogP contribution in [0.3, 0.4) is 0 Å². The molecule has 1 aromatic rings. The molecular weight excluding hydrogens is 264 g/mol. The number of aliphatic hydroxyl groups excluding tert-OH is 1. The molecule has 0 amide bonds. The monoisotopic (exact) mass is 278 g/mol. The van der Waals surface area contributed by atoms with Crippen molar-refractivity contribution in [2.24, 2.45) is 5.92 Å². The Morgan fingerprint density at radius 3 is 2.71 bits per heavy atom. The van der Waals surface area contributed by atoms with Crippen LogP contribution < -0.4 is 10.5 Å². The highest BCUT2D eigenvalue weighted by Crippen LogP contribution is 2.23. The first-order valence-corrected chi connectivity index (χ1v) is 6.88. The molecule has 0 heterocycles. The van der Waals surface area contributed by atoms with Crippen molar-refractivity contribution < 1.29 is 13.5 Å². The predicted molar refractivity (Wildman–Crippen MR) is 67.3 cm³/mol. The number of benzene rings is 1. The van der Waals surface area contributed by atoms with Crippen molar-refractivity contribution in [2.45, 2.75) is 11.8 Å². The van der Waals surface area contributed by atoms with Gasteiger partial charge >= 0.3 is 0 Å². The number of rotatable bonds is 5. The van der Waals surface area contributed by atoms with Gasteiger partial charge in [0.1, 0.15) is 4.90 Å². The maximum atomic E-state index is 11.9. The van der Waals surface area contributed by atoms with Crippen molar-refractivity contribution >= 4 is 27.3 Å². The summed E-state index contributed by atoms with van der Waals surface area (Å²) >= 11 is 5.81. The quantitative estimate of drug-likeness (QED) is 0.696. The molecule has 0 saturated heterocycles. The highest BCUT2D eigenvalue weighted by atomic mass is 35.5. The summed E-state index contributed by atoms with van der Waals surface area (Å²) < 4.78 is 26.1. The van der Waals surface area contributed by atoms with Crippen molar-refractivity contribution in [3.63, 3.8) is 0 Å². The lowest BCUT2D eigenvalue weighted by molar-refractivity contribution is 0.238. The molecule has 0 fully saturated rings. The Balaban J connectivity index is 2.90. The number of sulfonamides is 1. The van der Waals surface area contributed by atoms with Crippen molar-refractivity contribution in [1.29, 1.82) is 0 Å². The molecule has 7 heteroatoms. The summed E-state index contributed by atoms with van der Waals surface area (Å²) in [5, 5.41) is 8.89. The second-order valence-corrected chi connectivity index (χ2v) is 5.97. The Morgan fingerprint density at radius 1 is 1.53 bits per heavy atom. The molecule has 96 valence electrons. The Kier molecular flexibility index (Phi) is 4.76. The van der Waals surface area contributed by atoms with Crippen LogP contribution in [0.15, 0.2) is 23.1 Å². The van der Waals surface area contributed by atoms with Crippen molar-refractivity contribution in [3.8, 4) is 0 Å². The van der Waals surface area contributed by atoms with Gasteiger partial charge in [-0.05, 0) is 24.1 Å². The van der Waals surface area contributed by atoms with Crippen LogP contribution in [0.2, 0.25) is 5.02 Å². The SMILES string of the molecule is CC(CO)CNS(=O)(=O)c1ccc(N)cc1Cl. The second-order valence-electron chi connectivity index (χ2n) is 3.83. The molecular formula is C10H15ClN2O3S. The fraction of sp³-hybridized carbons (Fsp3) is 0.400. The molecule has 0 aliphatic rings. The topological polar surface area (TPSA) is 92.4 Å². The number of nitrogens with two attached hydrogens (primary N) is 1. The average Bonchev–Trinajstić information content (AvgIpc) is 2.25. The summed E-state index contributed by atoms with van der Waals surface area (Å²) in [4.78, 5) is -0.0153. The molecule has 17 heavy (non-hydrogen) atoms. The van der Waals surface area contributed by atoms with Crippen LogP contribution in [-0.2, 0) is 10.0 Å². The summed E-state index contributed by atoms with van der Waals surface area (Å²) in [6.07, 6.45) is 0. The van der Waals surface area contributed by atoms with Gasteiger partial charge in [-0.15, -0.1) is 0 Å². The van der Waals surface area contributed by atoms with Crippen LogP contribution in [-0.4, -0.2) is 26.7 Å². The lowest BCUT2D eigenvalue weighted by atomic mass is 10.2. The van der Waals surface area contributed by atoms with Crippen LogP contribution in [0.4, 0.5) is 5.69 Å². The number of nitrogen functional groups attached to an aromatic ring is 1. The maximum absolute atomic E-state index is 11.9. The van der Waals surface area contributed by atoms with Gasteiger partial charge in [0, 0.05) is 18.8 Å². The highest BCUT2D eigenvalue weighted by molar-refractivity contribution is 7.89. The molecule has 0 radical (unpaired) electrons. The van der Waals surface area contributed by atoms with Gasteiger partial charge in [-0.2, -0.15) is 0 Å². The Labute approximate surface area is 106 Å². The van der Waals surface area contributed by atoms with Crippen LogP contribution in [0, 0.1) is 5.92 Å². The third kappa shape index (κ3) is 3.85. The van der Waals surface area contributed by atoms with Gasteiger partial charge in [-0.3, -0.25) is 0 Å². The van der Waals surface area contributed by atoms with Gasteiger partial charge in [0.2, 0.25) is 10.0 Å². The van der Waals surface area contributed by atoms with E-state index in [0.717, 1.165) is 0 Å². The zero-order valence-electron chi connectivity index (χ0n) is 9.35. The van der Waals surface area contributed by atoms with Gasteiger partial charge in [-0.1, -0.05) is 18.5 Å². The van der Waals surface area contributed by atoms with E-state index in [0.29, 0.717) is 5.69 Å². The summed E-state index contributed by atoms with van der Waals surface area (Å²) in [5.41, 5.74) is 5.88. The van der Waals surface area contributed by atoms with E-state index in [1.165, 1.54) is 18.2 Å². The lowest BCUT2D eigenvalue weighted by Crippen LogP contribution is -2.29. The molecule has 1 unspecified atom stereocenters. The minimum absolute atomic E-state index is 0.0153. The van der Waals surface area contributed by atoms with Crippen LogP contribution in [0.1, 0.15) is 6.92 Å². The first-order chi connectivity index (χ1) is 7.86. The average molecular weight is 279 g/mol. The van der Waals surface area contributed by atoms with E-state index in [1.54, 1.807) is 6.92 Å². The Morgan fingerprint density at radius 2 is 2.18 bits per heavy atom. The maximum Gasteiger partial charge on any atom is 0.242 e. The molecule has 1 aromatic carbocycles. The zero-order chi connectivity index (χ0) is 13.1. The minimum atomic E-state index is -3.66. The number of hydrogen-bond acceptors (Lipinski definition) is 4. The van der Waals surface area contributed by atoms with E-state index in [1.807, 2.05) is 0 Å². The number of nitrogens with one attached hydrogen (secondary N) is 1. The first-order valence-electron chi connectivity index (χ1n) is 5.02. The van der Waals surface area contributed by atoms with Crippen LogP contribution >= 0.6 is 11.6 Å². The Hall–Kier alpha value is -0.820. The van der Waals surface area contributed by atoms with Crippen LogP contribution in [0.25, 0.3) is 0 Å². The van der Waals surface area contributed by atoms with Crippen molar-refractivity contribution in [1.82, 2.24) is 4.72 Å². The Bertz CT molecular complexity index is 490. The third-order valence-electron chi connectivity index (χ3n) is 2.18. The minimum Gasteiger partial charge on any atom is -0.399 e. The largest absolute Gasteiger partial charge is 0.399 e. The standard InChI is InChI=1S/C10H15ClN2O3S/c1-7(6-14)5-13-17(15,16)10-3-2-8(12)4-9(10)11/h2-4,7,13-14H,5-6,12H2,1H3. The van der Waals surface area contributed by atoms with Gasteiger partial charge in [0.05, 0.1) is 5.02 Å². The van der Waals surface area contributed by atoms with Crippen molar-refractivity contribution in [2.75, 3.05) is 18.9 Å². The molecule has 1 atom stereocenters. The fourth-order valence-corrected chi connectivity index (χ4v) is 2.85. The van der Waals surface area contributed by atoms with E-state index in [2.05, 4.69) is 4.72 Å². The highest BCUT2D eigenvalue weighted by Gasteiger charge is 2.18. The molecule has 1 rings (SSSR count). The molecule has 0 aromatic heterocycles. The normalized spacial score (nSPS) is 13.6. The van der Waals surface area contributed by atoms with Gasteiger partial charge in [0.25, 0.3) is 0 Å². The van der Waals surface area contributed by atoms with Gasteiger partial charge in [0.15, 0.2) is 0 Å². The van der Waals surface area contributed by atoms with E-state index in [-0.39, 0.29) is 29.0 Å². The summed E-state index contributed by atoms with van der Waals surface area (Å²) in [5.74, 6) is -0.155. The first kappa shape index (κ1) is 14.2. The second kappa shape index (κ2) is 5.68. The summed E-state index contributed by atoms with van der Waals surface area (Å²) in [7, 11) is -3.66. The van der Waals surface area contributed by atoms with Crippen molar-refractivity contribution in [3.05, 3.63) is 23.2 Å². The van der Waals surface area contributed by atoms with E-state index in [9.17, 15) is 8.42 Å². The molecule has 4 N–H and O–H groups in total. The molecule has 0 saturated carbocycles. The summed E-state index contributed by atoms with van der Waals surface area (Å²) in [6, 6.07) is 4.20. The fourth-order valence-electron chi connectivity index (χ4n) is 1.13. The molecule has 0 aliphatic heterocycles. The van der Waals surface area contributed by atoms with Gasteiger partial charge < -0.3 is 10.8 Å². The number of aliphatic hydroxyl groups is 1. The lowest BCUT2D eigenvalue weighted by Gasteiger charge is -2.11. The van der Waals surface area contributed by atoms with E-state index < -0.39 is 10.0 Å². The smallest absolute Gasteiger partial charge is 0.242 e. The number of anilines is 1.